The molecule has 28 heavy (non-hydrogen) atoms. The number of aromatic nitrogens is 3. The van der Waals surface area contributed by atoms with Crippen molar-refractivity contribution in [2.75, 3.05) is 11.9 Å². The number of carbonyl (C=O) groups is 2. The Morgan fingerprint density at radius 3 is 2.89 bits per heavy atom. The molecule has 2 atom stereocenters. The normalized spacial score (nSPS) is 21.4. The maximum Gasteiger partial charge on any atom is 0.254 e. The van der Waals surface area contributed by atoms with E-state index in [-0.39, 0.29) is 41.8 Å². The van der Waals surface area contributed by atoms with Crippen LogP contribution in [0.5, 0.6) is 0 Å². The van der Waals surface area contributed by atoms with Gasteiger partial charge in [-0.05, 0) is 19.8 Å². The summed E-state index contributed by atoms with van der Waals surface area (Å²) in [5.74, 6) is -0.739. The van der Waals surface area contributed by atoms with E-state index in [1.54, 1.807) is 35.9 Å². The Kier molecular flexibility index (Phi) is 4.52. The van der Waals surface area contributed by atoms with Crippen molar-refractivity contribution in [3.05, 3.63) is 29.3 Å². The molecule has 0 aliphatic carbocycles. The summed E-state index contributed by atoms with van der Waals surface area (Å²) in [7, 11) is 1.77. The van der Waals surface area contributed by atoms with Gasteiger partial charge in [0.25, 0.3) is 5.91 Å². The second-order valence-corrected chi connectivity index (χ2v) is 7.41. The van der Waals surface area contributed by atoms with Gasteiger partial charge in [0, 0.05) is 56.5 Å². The third-order valence-corrected chi connectivity index (χ3v) is 5.58. The molecule has 8 nitrogen and oxygen atoms in total. The molecule has 9 heteroatoms. The fourth-order valence-corrected chi connectivity index (χ4v) is 4.08. The first-order chi connectivity index (χ1) is 13.4. The number of piperidine rings is 1. The quantitative estimate of drug-likeness (QED) is 0.837. The Morgan fingerprint density at radius 2 is 2.21 bits per heavy atom. The number of rotatable bonds is 3. The zero-order chi connectivity index (χ0) is 20.0. The van der Waals surface area contributed by atoms with Crippen LogP contribution in [-0.4, -0.2) is 50.1 Å². The van der Waals surface area contributed by atoms with Crippen molar-refractivity contribution in [2.45, 2.75) is 45.3 Å². The smallest absolute Gasteiger partial charge is 0.254 e. The van der Waals surface area contributed by atoms with Crippen molar-refractivity contribution in [1.82, 2.24) is 25.0 Å². The molecule has 2 N–H and O–H groups in total. The highest BCUT2D eigenvalue weighted by molar-refractivity contribution is 6.04. The molecule has 1 saturated heterocycles. The van der Waals surface area contributed by atoms with Gasteiger partial charge in [0.1, 0.15) is 0 Å². The van der Waals surface area contributed by atoms with Gasteiger partial charge >= 0.3 is 0 Å². The first-order valence-corrected chi connectivity index (χ1v) is 9.40. The number of amides is 2. The zero-order valence-corrected chi connectivity index (χ0v) is 16.1. The highest BCUT2D eigenvalue weighted by atomic mass is 19.1. The van der Waals surface area contributed by atoms with Gasteiger partial charge in [-0.2, -0.15) is 5.10 Å². The van der Waals surface area contributed by atoms with E-state index >= 15 is 4.39 Å². The first kappa shape index (κ1) is 18.4. The molecule has 2 aliphatic rings. The van der Waals surface area contributed by atoms with E-state index in [1.165, 1.54) is 0 Å². The van der Waals surface area contributed by atoms with Gasteiger partial charge < -0.3 is 15.5 Å². The standard InChI is InChI=1S/C19H23FN6O2/c1-10-14(5-4-6-26(10)11(2)27)23-18-16(20)13-8-21-19(28)15(13)17(24-18)12-7-22-25(3)9-12/h7,9-10,14H,4-6,8H2,1-3H3,(H,21,28)(H,23,24). The van der Waals surface area contributed by atoms with Gasteiger partial charge in [0.05, 0.1) is 17.5 Å². The van der Waals surface area contributed by atoms with Crippen LogP contribution in [0.4, 0.5) is 10.2 Å². The van der Waals surface area contributed by atoms with Gasteiger partial charge in [-0.15, -0.1) is 0 Å². The summed E-state index contributed by atoms with van der Waals surface area (Å²) >= 11 is 0. The van der Waals surface area contributed by atoms with E-state index < -0.39 is 5.82 Å². The van der Waals surface area contributed by atoms with Crippen LogP contribution in [0.25, 0.3) is 11.3 Å². The minimum atomic E-state index is -0.520. The molecule has 2 amide bonds. The monoisotopic (exact) mass is 386 g/mol. The van der Waals surface area contributed by atoms with Crippen molar-refractivity contribution in [3.63, 3.8) is 0 Å². The van der Waals surface area contributed by atoms with Crippen molar-refractivity contribution >= 4 is 17.6 Å². The zero-order valence-electron chi connectivity index (χ0n) is 16.1. The molecule has 0 aromatic carbocycles. The van der Waals surface area contributed by atoms with Crippen molar-refractivity contribution in [3.8, 4) is 11.3 Å². The largest absolute Gasteiger partial charge is 0.363 e. The average Bonchev–Trinajstić information content (AvgIpc) is 3.25. The van der Waals surface area contributed by atoms with Crippen LogP contribution in [0.15, 0.2) is 12.4 Å². The minimum Gasteiger partial charge on any atom is -0.363 e. The van der Waals surface area contributed by atoms with E-state index in [1.807, 2.05) is 6.92 Å². The number of hydrogen-bond donors (Lipinski definition) is 2. The Morgan fingerprint density at radius 1 is 1.43 bits per heavy atom. The molecule has 2 aromatic heterocycles. The Labute approximate surface area is 162 Å². The number of likely N-dealkylation sites (tertiary alicyclic amines) is 1. The molecule has 0 saturated carbocycles. The van der Waals surface area contributed by atoms with Gasteiger partial charge in [0.15, 0.2) is 11.6 Å². The molecule has 4 heterocycles. The van der Waals surface area contributed by atoms with Crippen LogP contribution < -0.4 is 10.6 Å². The summed E-state index contributed by atoms with van der Waals surface area (Å²) < 4.78 is 16.8. The molecule has 4 rings (SSSR count). The van der Waals surface area contributed by atoms with Crippen LogP contribution in [0.1, 0.15) is 42.6 Å². The fraction of sp³-hybridized carbons (Fsp3) is 0.474. The van der Waals surface area contributed by atoms with Gasteiger partial charge in [-0.25, -0.2) is 9.37 Å². The number of fused-ring (bicyclic) bond motifs is 1. The van der Waals surface area contributed by atoms with E-state index in [9.17, 15) is 9.59 Å². The van der Waals surface area contributed by atoms with E-state index in [2.05, 4.69) is 20.7 Å². The number of halogens is 1. The summed E-state index contributed by atoms with van der Waals surface area (Å²) in [6.45, 7) is 4.33. The number of nitrogens with zero attached hydrogens (tertiary/aromatic N) is 4. The highest BCUT2D eigenvalue weighted by Crippen LogP contribution is 2.33. The van der Waals surface area contributed by atoms with Crippen molar-refractivity contribution in [2.24, 2.45) is 7.05 Å². The summed E-state index contributed by atoms with van der Waals surface area (Å²) in [5.41, 5.74) is 1.64. The van der Waals surface area contributed by atoms with Crippen molar-refractivity contribution < 1.29 is 14.0 Å². The van der Waals surface area contributed by atoms with E-state index in [4.69, 9.17) is 0 Å². The molecule has 0 spiro atoms. The molecular formula is C19H23FN6O2. The second-order valence-electron chi connectivity index (χ2n) is 7.41. The fourth-order valence-electron chi connectivity index (χ4n) is 4.08. The maximum absolute atomic E-state index is 15.2. The van der Waals surface area contributed by atoms with Gasteiger partial charge in [-0.3, -0.25) is 14.3 Å². The number of carbonyl (C=O) groups excluding carboxylic acids is 2. The predicted molar refractivity (Wildman–Crippen MR) is 101 cm³/mol. The molecule has 2 aliphatic heterocycles. The lowest BCUT2D eigenvalue weighted by molar-refractivity contribution is -0.132. The Bertz CT molecular complexity index is 956. The molecule has 0 bridgehead atoms. The Balaban J connectivity index is 1.74. The summed E-state index contributed by atoms with van der Waals surface area (Å²) in [5, 5.41) is 10.0. The molecule has 148 valence electrons. The van der Waals surface area contributed by atoms with Gasteiger partial charge in [-0.1, -0.05) is 0 Å². The maximum atomic E-state index is 15.2. The molecule has 0 radical (unpaired) electrons. The number of pyridine rings is 1. The third-order valence-electron chi connectivity index (χ3n) is 5.58. The van der Waals surface area contributed by atoms with Crippen LogP contribution >= 0.6 is 0 Å². The lowest BCUT2D eigenvalue weighted by Gasteiger charge is -2.39. The number of nitrogens with one attached hydrogen (secondary N) is 2. The van der Waals surface area contributed by atoms with E-state index in [0.29, 0.717) is 23.4 Å². The number of anilines is 1. The minimum absolute atomic E-state index is 0.00669. The Hall–Kier alpha value is -2.97. The summed E-state index contributed by atoms with van der Waals surface area (Å²) in [4.78, 5) is 30.4. The van der Waals surface area contributed by atoms with Crippen molar-refractivity contribution in [1.29, 1.82) is 0 Å². The highest BCUT2D eigenvalue weighted by Gasteiger charge is 2.34. The van der Waals surface area contributed by atoms with Crippen LogP contribution in [-0.2, 0) is 18.4 Å². The van der Waals surface area contributed by atoms with Crippen LogP contribution in [0, 0.1) is 5.82 Å². The second kappa shape index (κ2) is 6.88. The molecule has 2 aromatic rings. The lowest BCUT2D eigenvalue weighted by Crippen LogP contribution is -2.51. The predicted octanol–water partition coefficient (Wildman–Crippen LogP) is 1.68. The number of aryl methyl sites for hydroxylation is 1. The van der Waals surface area contributed by atoms with Crippen LogP contribution in [0.3, 0.4) is 0 Å². The van der Waals surface area contributed by atoms with E-state index in [0.717, 1.165) is 12.8 Å². The SMILES string of the molecule is CC(=O)N1CCCC(Nc2nc(-c3cnn(C)c3)c3c(c2F)CNC3=O)C1C. The first-order valence-electron chi connectivity index (χ1n) is 9.40. The van der Waals surface area contributed by atoms with Gasteiger partial charge in [0.2, 0.25) is 5.91 Å². The molecule has 1 fully saturated rings. The number of hydrogen-bond acceptors (Lipinski definition) is 5. The molecule has 2 unspecified atom stereocenters. The third kappa shape index (κ3) is 3.00. The molecular weight excluding hydrogens is 363 g/mol. The summed E-state index contributed by atoms with van der Waals surface area (Å²) in [6, 6.07) is -0.202. The summed E-state index contributed by atoms with van der Waals surface area (Å²) in [6.07, 6.45) is 5.00. The lowest BCUT2D eigenvalue weighted by atomic mass is 9.97. The topological polar surface area (TPSA) is 92.2 Å². The van der Waals surface area contributed by atoms with Crippen LogP contribution in [0.2, 0.25) is 0 Å². The average molecular weight is 386 g/mol.